The average Bonchev–Trinajstić information content (AvgIpc) is 2.87. The highest BCUT2D eigenvalue weighted by Gasteiger charge is 2.26. The Kier molecular flexibility index (Phi) is 8.74. The molecule has 1 heterocycles. The van der Waals surface area contributed by atoms with Crippen molar-refractivity contribution in [2.45, 2.75) is 20.8 Å². The Morgan fingerprint density at radius 1 is 1.59 bits per heavy atom. The highest BCUT2D eigenvalue weighted by Crippen LogP contribution is 2.21. The largest absolute Gasteiger partial charge is 0.381 e. The number of hydrogen-bond donors (Lipinski definition) is 1. The second-order valence-electron chi connectivity index (χ2n) is 5.96. The van der Waals surface area contributed by atoms with Gasteiger partial charge in [0.05, 0.1) is 11.7 Å². The van der Waals surface area contributed by atoms with Crippen molar-refractivity contribution >= 4 is 16.9 Å². The Morgan fingerprint density at radius 2 is 2.32 bits per heavy atom. The number of amidine groups is 1. The van der Waals surface area contributed by atoms with Gasteiger partial charge in [-0.1, -0.05) is 32.5 Å². The van der Waals surface area contributed by atoms with E-state index in [9.17, 15) is 10.1 Å². The highest BCUT2D eigenvalue weighted by molar-refractivity contribution is 8.13. The zero-order valence-corrected chi connectivity index (χ0v) is 14.8. The van der Waals surface area contributed by atoms with Crippen LogP contribution in [0.1, 0.15) is 20.8 Å². The first-order valence-electron chi connectivity index (χ1n) is 7.77. The third-order valence-electron chi connectivity index (χ3n) is 3.99. The Hall–Kier alpha value is -0.860. The molecule has 0 aromatic carbocycles. The molecule has 0 aromatic heterocycles. The van der Waals surface area contributed by atoms with Gasteiger partial charge in [0.1, 0.15) is 0 Å². The Labute approximate surface area is 137 Å². The first kappa shape index (κ1) is 19.2. The second kappa shape index (κ2) is 10.0. The fourth-order valence-corrected chi connectivity index (χ4v) is 2.97. The normalized spacial score (nSPS) is 23.8. The summed E-state index contributed by atoms with van der Waals surface area (Å²) in [6, 6.07) is 0. The predicted octanol–water partition coefficient (Wildman–Crippen LogP) is 1.73. The van der Waals surface area contributed by atoms with E-state index in [1.807, 2.05) is 0 Å². The van der Waals surface area contributed by atoms with E-state index in [0.717, 1.165) is 32.8 Å². The number of rotatable bonds is 8. The van der Waals surface area contributed by atoms with Crippen molar-refractivity contribution in [3.8, 4) is 0 Å². The van der Waals surface area contributed by atoms with Gasteiger partial charge in [-0.15, -0.1) is 0 Å². The molecule has 1 aliphatic heterocycles. The summed E-state index contributed by atoms with van der Waals surface area (Å²) in [4.78, 5) is 12.8. The van der Waals surface area contributed by atoms with Crippen molar-refractivity contribution in [3.05, 3.63) is 10.1 Å². The van der Waals surface area contributed by atoms with Gasteiger partial charge in [-0.05, 0) is 30.6 Å². The molecule has 0 amide bonds. The molecule has 3 unspecified atom stereocenters. The molecular weight excluding hydrogens is 304 g/mol. The molecule has 0 radical (unpaired) electrons. The molecule has 7 nitrogen and oxygen atoms in total. The summed E-state index contributed by atoms with van der Waals surface area (Å²) < 4.78 is 5.53. The van der Waals surface area contributed by atoms with Crippen LogP contribution in [0.4, 0.5) is 0 Å². The zero-order chi connectivity index (χ0) is 16.5. The summed E-state index contributed by atoms with van der Waals surface area (Å²) in [6.45, 7) is 12.0. The fourth-order valence-electron chi connectivity index (χ4n) is 2.59. The van der Waals surface area contributed by atoms with Crippen LogP contribution in [-0.2, 0) is 4.74 Å². The first-order valence-corrected chi connectivity index (χ1v) is 8.99. The van der Waals surface area contributed by atoms with Crippen LogP contribution in [0.2, 0.25) is 0 Å². The van der Waals surface area contributed by atoms with Gasteiger partial charge in [0.2, 0.25) is 5.17 Å². The number of ether oxygens (including phenoxy) is 1. The SMILES string of the molecule is CCN(CC(C)CNC(=N[N+](=O)[O-])SC)CC1COCC1C. The Morgan fingerprint density at radius 3 is 2.82 bits per heavy atom. The van der Waals surface area contributed by atoms with Crippen molar-refractivity contribution in [2.24, 2.45) is 22.9 Å². The molecule has 0 spiro atoms. The number of hydrogen-bond acceptors (Lipinski definition) is 5. The van der Waals surface area contributed by atoms with Gasteiger partial charge in [-0.25, -0.2) is 10.1 Å². The van der Waals surface area contributed by atoms with E-state index in [0.29, 0.717) is 29.5 Å². The van der Waals surface area contributed by atoms with E-state index < -0.39 is 5.03 Å². The van der Waals surface area contributed by atoms with Crippen LogP contribution >= 0.6 is 11.8 Å². The fraction of sp³-hybridized carbons (Fsp3) is 0.929. The van der Waals surface area contributed by atoms with Gasteiger partial charge in [0.25, 0.3) is 0 Å². The topological polar surface area (TPSA) is 80.0 Å². The molecule has 0 bridgehead atoms. The summed E-state index contributed by atoms with van der Waals surface area (Å²) in [7, 11) is 0. The van der Waals surface area contributed by atoms with Crippen LogP contribution in [0.25, 0.3) is 0 Å². The third-order valence-corrected chi connectivity index (χ3v) is 4.61. The van der Waals surface area contributed by atoms with E-state index in [1.54, 1.807) is 6.26 Å². The molecule has 0 saturated carbocycles. The maximum Gasteiger partial charge on any atom is 0.234 e. The number of hydrazone groups is 1. The quantitative estimate of drug-likeness (QED) is 0.315. The lowest BCUT2D eigenvalue weighted by molar-refractivity contribution is -0.484. The maximum atomic E-state index is 10.4. The predicted molar refractivity (Wildman–Crippen MR) is 90.7 cm³/mol. The Bertz CT molecular complexity index is 381. The van der Waals surface area contributed by atoms with E-state index in [2.05, 4.69) is 36.1 Å². The molecule has 1 saturated heterocycles. The van der Waals surface area contributed by atoms with Crippen LogP contribution in [0.5, 0.6) is 0 Å². The van der Waals surface area contributed by atoms with Gasteiger partial charge in [0.15, 0.2) is 5.03 Å². The van der Waals surface area contributed by atoms with E-state index >= 15 is 0 Å². The van der Waals surface area contributed by atoms with Crippen molar-refractivity contribution in [1.29, 1.82) is 0 Å². The van der Waals surface area contributed by atoms with Crippen molar-refractivity contribution in [1.82, 2.24) is 10.2 Å². The summed E-state index contributed by atoms with van der Waals surface area (Å²) >= 11 is 1.26. The van der Waals surface area contributed by atoms with E-state index in [1.165, 1.54) is 11.8 Å². The summed E-state index contributed by atoms with van der Waals surface area (Å²) in [6.07, 6.45) is 1.78. The van der Waals surface area contributed by atoms with Gasteiger partial charge in [-0.2, -0.15) is 0 Å². The number of nitro groups is 1. The minimum atomic E-state index is -0.663. The molecule has 128 valence electrons. The molecule has 1 aliphatic rings. The third kappa shape index (κ3) is 6.93. The summed E-state index contributed by atoms with van der Waals surface area (Å²) in [5, 5.41) is 16.5. The molecular formula is C14H28N4O3S. The average molecular weight is 332 g/mol. The van der Waals surface area contributed by atoms with Gasteiger partial charge in [-0.3, -0.25) is 0 Å². The molecule has 0 aromatic rings. The molecule has 22 heavy (non-hydrogen) atoms. The van der Waals surface area contributed by atoms with Gasteiger partial charge in [0, 0.05) is 26.2 Å². The van der Waals surface area contributed by atoms with E-state index in [-0.39, 0.29) is 0 Å². The van der Waals surface area contributed by atoms with Crippen LogP contribution in [0, 0.1) is 27.9 Å². The molecule has 3 atom stereocenters. The van der Waals surface area contributed by atoms with Gasteiger partial charge >= 0.3 is 0 Å². The molecule has 8 heteroatoms. The van der Waals surface area contributed by atoms with Gasteiger partial charge < -0.3 is 15.0 Å². The number of nitrogens with zero attached hydrogens (tertiary/aromatic N) is 3. The zero-order valence-electron chi connectivity index (χ0n) is 13.9. The van der Waals surface area contributed by atoms with Crippen LogP contribution in [-0.4, -0.2) is 60.7 Å². The van der Waals surface area contributed by atoms with Crippen LogP contribution in [0.3, 0.4) is 0 Å². The van der Waals surface area contributed by atoms with Crippen LogP contribution in [0.15, 0.2) is 5.10 Å². The highest BCUT2D eigenvalue weighted by atomic mass is 32.2. The van der Waals surface area contributed by atoms with Crippen molar-refractivity contribution in [2.75, 3.05) is 45.6 Å². The van der Waals surface area contributed by atoms with Crippen molar-refractivity contribution < 1.29 is 9.77 Å². The lowest BCUT2D eigenvalue weighted by atomic mass is 9.97. The standard InChI is InChI=1S/C14H28N4O3S/c1-5-17(8-13-10-21-9-12(13)3)7-11(2)6-15-14(22-4)16-18(19)20/h11-13H,5-10H2,1-4H3,(H,15,16). The number of nitrogens with one attached hydrogen (secondary N) is 1. The molecule has 1 rings (SSSR count). The lowest BCUT2D eigenvalue weighted by Crippen LogP contribution is -2.38. The second-order valence-corrected chi connectivity index (χ2v) is 6.76. The smallest absolute Gasteiger partial charge is 0.234 e. The molecule has 0 aliphatic carbocycles. The van der Waals surface area contributed by atoms with E-state index in [4.69, 9.17) is 4.74 Å². The lowest BCUT2D eigenvalue weighted by Gasteiger charge is -2.28. The Balaban J connectivity index is 2.37. The maximum absolute atomic E-state index is 10.4. The molecule has 1 fully saturated rings. The summed E-state index contributed by atoms with van der Waals surface area (Å²) in [5.74, 6) is 1.62. The minimum absolute atomic E-state index is 0.359. The van der Waals surface area contributed by atoms with Crippen LogP contribution < -0.4 is 5.32 Å². The summed E-state index contributed by atoms with van der Waals surface area (Å²) in [5.41, 5.74) is 0. The minimum Gasteiger partial charge on any atom is -0.381 e. The number of thioether (sulfide) groups is 1. The monoisotopic (exact) mass is 332 g/mol. The molecule has 1 N–H and O–H groups in total. The van der Waals surface area contributed by atoms with Crippen molar-refractivity contribution in [3.63, 3.8) is 0 Å². The first-order chi connectivity index (χ1) is 10.5.